The molecule has 4 rings (SSSR count). The number of anilines is 2. The standard InChI is InChI=1S/C26H27N3O4/c1-32-23-11-3-19(4-12-23)25(30)27-21-7-9-22(10-8-21)28-15-17-29(18-16-28)26(31)20-5-13-24(33-2)14-6-20/h3-14H,15-18H2,1-2H3,(H,27,30). The van der Waals surface area contributed by atoms with Crippen molar-refractivity contribution in [2.24, 2.45) is 0 Å². The maximum absolute atomic E-state index is 12.8. The van der Waals surface area contributed by atoms with E-state index in [1.807, 2.05) is 29.2 Å². The zero-order valence-electron chi connectivity index (χ0n) is 18.8. The number of nitrogens with one attached hydrogen (secondary N) is 1. The summed E-state index contributed by atoms with van der Waals surface area (Å²) >= 11 is 0. The van der Waals surface area contributed by atoms with Crippen LogP contribution in [0, 0.1) is 0 Å². The summed E-state index contributed by atoms with van der Waals surface area (Å²) < 4.78 is 10.3. The first-order valence-corrected chi connectivity index (χ1v) is 10.8. The molecule has 1 fully saturated rings. The van der Waals surface area contributed by atoms with Crippen molar-refractivity contribution in [3.63, 3.8) is 0 Å². The summed E-state index contributed by atoms with van der Waals surface area (Å²) in [4.78, 5) is 29.3. The molecule has 7 heteroatoms. The summed E-state index contributed by atoms with van der Waals surface area (Å²) in [5.41, 5.74) is 3.03. The number of piperazine rings is 1. The average Bonchev–Trinajstić information content (AvgIpc) is 2.89. The summed E-state index contributed by atoms with van der Waals surface area (Å²) in [6.45, 7) is 2.81. The molecule has 170 valence electrons. The topological polar surface area (TPSA) is 71.1 Å². The number of methoxy groups -OCH3 is 2. The van der Waals surface area contributed by atoms with Gasteiger partial charge in [-0.15, -0.1) is 0 Å². The fraction of sp³-hybridized carbons (Fsp3) is 0.231. The second kappa shape index (κ2) is 10.1. The predicted molar refractivity (Wildman–Crippen MR) is 128 cm³/mol. The van der Waals surface area contributed by atoms with Crippen molar-refractivity contribution in [2.45, 2.75) is 0 Å². The molecule has 3 aromatic carbocycles. The number of carbonyl (C=O) groups is 2. The van der Waals surface area contributed by atoms with E-state index in [2.05, 4.69) is 10.2 Å². The smallest absolute Gasteiger partial charge is 0.255 e. The second-order valence-corrected chi connectivity index (χ2v) is 7.74. The van der Waals surface area contributed by atoms with Gasteiger partial charge in [0.1, 0.15) is 11.5 Å². The Kier molecular flexibility index (Phi) is 6.78. The van der Waals surface area contributed by atoms with Gasteiger partial charge in [0, 0.05) is 48.7 Å². The van der Waals surface area contributed by atoms with Crippen molar-refractivity contribution in [1.82, 2.24) is 4.90 Å². The maximum atomic E-state index is 12.8. The number of rotatable bonds is 6. The van der Waals surface area contributed by atoms with Crippen LogP contribution in [0.4, 0.5) is 11.4 Å². The fourth-order valence-corrected chi connectivity index (χ4v) is 3.79. The van der Waals surface area contributed by atoms with E-state index in [-0.39, 0.29) is 11.8 Å². The third-order valence-corrected chi connectivity index (χ3v) is 5.75. The Bertz CT molecular complexity index is 1090. The van der Waals surface area contributed by atoms with Gasteiger partial charge in [0.15, 0.2) is 0 Å². The molecule has 1 aliphatic heterocycles. The van der Waals surface area contributed by atoms with Crippen LogP contribution in [0.3, 0.4) is 0 Å². The van der Waals surface area contributed by atoms with E-state index < -0.39 is 0 Å². The van der Waals surface area contributed by atoms with E-state index in [4.69, 9.17) is 9.47 Å². The highest BCUT2D eigenvalue weighted by Crippen LogP contribution is 2.21. The minimum Gasteiger partial charge on any atom is -0.497 e. The Hall–Kier alpha value is -4.00. The first kappa shape index (κ1) is 22.2. The Labute approximate surface area is 193 Å². The minimum atomic E-state index is -0.170. The van der Waals surface area contributed by atoms with Gasteiger partial charge in [-0.05, 0) is 72.8 Å². The molecule has 0 spiro atoms. The van der Waals surface area contributed by atoms with Crippen molar-refractivity contribution < 1.29 is 19.1 Å². The molecule has 33 heavy (non-hydrogen) atoms. The molecule has 1 aliphatic rings. The van der Waals surface area contributed by atoms with Crippen LogP contribution in [0.25, 0.3) is 0 Å². The Morgan fingerprint density at radius 2 is 1.21 bits per heavy atom. The number of carbonyl (C=O) groups excluding carboxylic acids is 2. The molecule has 0 atom stereocenters. The van der Waals surface area contributed by atoms with Crippen LogP contribution in [0.5, 0.6) is 11.5 Å². The molecule has 1 heterocycles. The molecule has 7 nitrogen and oxygen atoms in total. The van der Waals surface area contributed by atoms with E-state index in [1.165, 1.54) is 0 Å². The Balaban J connectivity index is 1.31. The third-order valence-electron chi connectivity index (χ3n) is 5.75. The van der Waals surface area contributed by atoms with E-state index in [1.54, 1.807) is 62.8 Å². The van der Waals surface area contributed by atoms with Gasteiger partial charge in [0.2, 0.25) is 0 Å². The lowest BCUT2D eigenvalue weighted by Crippen LogP contribution is -2.48. The van der Waals surface area contributed by atoms with Crippen LogP contribution in [-0.2, 0) is 0 Å². The first-order valence-electron chi connectivity index (χ1n) is 10.8. The van der Waals surface area contributed by atoms with Gasteiger partial charge in [0.05, 0.1) is 14.2 Å². The minimum absolute atomic E-state index is 0.0360. The highest BCUT2D eigenvalue weighted by Gasteiger charge is 2.22. The third kappa shape index (κ3) is 5.26. The Morgan fingerprint density at radius 3 is 1.73 bits per heavy atom. The van der Waals surface area contributed by atoms with E-state index >= 15 is 0 Å². The summed E-state index contributed by atoms with van der Waals surface area (Å²) in [6.07, 6.45) is 0. The molecule has 0 saturated carbocycles. The fourth-order valence-electron chi connectivity index (χ4n) is 3.79. The monoisotopic (exact) mass is 445 g/mol. The van der Waals surface area contributed by atoms with Crippen LogP contribution in [-0.4, -0.2) is 57.1 Å². The lowest BCUT2D eigenvalue weighted by molar-refractivity contribution is 0.0746. The maximum Gasteiger partial charge on any atom is 0.255 e. The van der Waals surface area contributed by atoms with Crippen molar-refractivity contribution in [3.8, 4) is 11.5 Å². The van der Waals surface area contributed by atoms with Gasteiger partial charge in [-0.1, -0.05) is 0 Å². The molecule has 2 amide bonds. The zero-order valence-corrected chi connectivity index (χ0v) is 18.8. The molecular weight excluding hydrogens is 418 g/mol. The quantitative estimate of drug-likeness (QED) is 0.623. The second-order valence-electron chi connectivity index (χ2n) is 7.74. The van der Waals surface area contributed by atoms with Crippen LogP contribution in [0.1, 0.15) is 20.7 Å². The van der Waals surface area contributed by atoms with E-state index in [9.17, 15) is 9.59 Å². The van der Waals surface area contributed by atoms with Gasteiger partial charge in [-0.2, -0.15) is 0 Å². The Morgan fingerprint density at radius 1 is 0.697 bits per heavy atom. The van der Waals surface area contributed by atoms with Gasteiger partial charge in [0.25, 0.3) is 11.8 Å². The SMILES string of the molecule is COc1ccc(C(=O)Nc2ccc(N3CCN(C(=O)c4ccc(OC)cc4)CC3)cc2)cc1. The van der Waals surface area contributed by atoms with Crippen LogP contribution in [0.15, 0.2) is 72.8 Å². The van der Waals surface area contributed by atoms with E-state index in [0.717, 1.165) is 30.2 Å². The van der Waals surface area contributed by atoms with Crippen molar-refractivity contribution in [1.29, 1.82) is 0 Å². The molecule has 0 bridgehead atoms. The lowest BCUT2D eigenvalue weighted by atomic mass is 10.1. The average molecular weight is 446 g/mol. The molecule has 0 aromatic heterocycles. The summed E-state index contributed by atoms with van der Waals surface area (Å²) in [5, 5.41) is 2.91. The normalized spacial score (nSPS) is 13.4. The van der Waals surface area contributed by atoms with Crippen LogP contribution < -0.4 is 19.7 Å². The van der Waals surface area contributed by atoms with Gasteiger partial charge in [-0.3, -0.25) is 9.59 Å². The van der Waals surface area contributed by atoms with Gasteiger partial charge >= 0.3 is 0 Å². The molecule has 1 saturated heterocycles. The number of nitrogens with zero attached hydrogens (tertiary/aromatic N) is 2. The largest absolute Gasteiger partial charge is 0.497 e. The van der Waals surface area contributed by atoms with Crippen molar-refractivity contribution >= 4 is 23.2 Å². The molecule has 0 aliphatic carbocycles. The summed E-state index contributed by atoms with van der Waals surface area (Å²) in [5.74, 6) is 1.31. The van der Waals surface area contributed by atoms with E-state index in [0.29, 0.717) is 30.0 Å². The zero-order chi connectivity index (χ0) is 23.2. The molecule has 3 aromatic rings. The highest BCUT2D eigenvalue weighted by atomic mass is 16.5. The van der Waals surface area contributed by atoms with Crippen LogP contribution in [0.2, 0.25) is 0 Å². The number of hydrogen-bond acceptors (Lipinski definition) is 5. The van der Waals surface area contributed by atoms with Gasteiger partial charge in [-0.25, -0.2) is 0 Å². The molecule has 1 N–H and O–H groups in total. The van der Waals surface area contributed by atoms with Crippen LogP contribution >= 0.6 is 0 Å². The first-order chi connectivity index (χ1) is 16.1. The molecule has 0 unspecified atom stereocenters. The molecule has 0 radical (unpaired) electrons. The number of ether oxygens (including phenoxy) is 2. The van der Waals surface area contributed by atoms with Crippen molar-refractivity contribution in [2.75, 3.05) is 50.6 Å². The van der Waals surface area contributed by atoms with Gasteiger partial charge < -0.3 is 24.6 Å². The number of hydrogen-bond donors (Lipinski definition) is 1. The highest BCUT2D eigenvalue weighted by molar-refractivity contribution is 6.04. The predicted octanol–water partition coefficient (Wildman–Crippen LogP) is 3.92. The summed E-state index contributed by atoms with van der Waals surface area (Å²) in [6, 6.07) is 22.0. The van der Waals surface area contributed by atoms with Crippen molar-refractivity contribution in [3.05, 3.63) is 83.9 Å². The number of benzene rings is 3. The number of amides is 2. The lowest BCUT2D eigenvalue weighted by Gasteiger charge is -2.36. The summed E-state index contributed by atoms with van der Waals surface area (Å²) in [7, 11) is 3.20. The molecular formula is C26H27N3O4.